The van der Waals surface area contributed by atoms with Gasteiger partial charge in [0.1, 0.15) is 0 Å². The summed E-state index contributed by atoms with van der Waals surface area (Å²) < 4.78 is 2.08. The summed E-state index contributed by atoms with van der Waals surface area (Å²) in [6.07, 6.45) is 1.75. The summed E-state index contributed by atoms with van der Waals surface area (Å²) in [4.78, 5) is 23.4. The fourth-order valence-electron chi connectivity index (χ4n) is 2.61. The van der Waals surface area contributed by atoms with Crippen LogP contribution in [-0.2, 0) is 4.79 Å². The van der Waals surface area contributed by atoms with Crippen LogP contribution < -0.4 is 5.32 Å². The van der Waals surface area contributed by atoms with Crippen LogP contribution in [0.3, 0.4) is 0 Å². The molecule has 1 aliphatic heterocycles. The Hall–Kier alpha value is -1.98. The molecule has 0 saturated carbocycles. The van der Waals surface area contributed by atoms with Crippen LogP contribution in [0, 0.1) is 20.8 Å². The molecule has 0 aliphatic carbocycles. The van der Waals surface area contributed by atoms with Gasteiger partial charge in [0, 0.05) is 22.1 Å². The molecule has 0 unspecified atom stereocenters. The second-order valence-electron chi connectivity index (χ2n) is 5.45. The van der Waals surface area contributed by atoms with Crippen molar-refractivity contribution in [1.29, 1.82) is 0 Å². The fraction of sp³-hybridized carbons (Fsp3) is 0.176. The highest BCUT2D eigenvalue weighted by molar-refractivity contribution is 8.18. The van der Waals surface area contributed by atoms with E-state index in [9.17, 15) is 9.59 Å². The summed E-state index contributed by atoms with van der Waals surface area (Å²) in [5.41, 5.74) is 4.93. The monoisotopic (exact) mass is 346 g/mol. The number of nitrogens with one attached hydrogen (secondary N) is 1. The van der Waals surface area contributed by atoms with Crippen molar-refractivity contribution >= 4 is 40.6 Å². The van der Waals surface area contributed by atoms with E-state index in [0.717, 1.165) is 40.0 Å². The van der Waals surface area contributed by atoms with E-state index >= 15 is 0 Å². The van der Waals surface area contributed by atoms with Gasteiger partial charge in [-0.1, -0.05) is 17.7 Å². The summed E-state index contributed by atoms with van der Waals surface area (Å²) in [5.74, 6) is -0.344. The van der Waals surface area contributed by atoms with E-state index in [-0.39, 0.29) is 11.1 Å². The van der Waals surface area contributed by atoms with Gasteiger partial charge in [0.25, 0.3) is 11.1 Å². The van der Waals surface area contributed by atoms with Crippen LogP contribution in [0.15, 0.2) is 29.2 Å². The van der Waals surface area contributed by atoms with Gasteiger partial charge in [0.2, 0.25) is 0 Å². The molecule has 1 fully saturated rings. The zero-order chi connectivity index (χ0) is 16.7. The number of nitrogens with zero attached hydrogens (tertiary/aromatic N) is 1. The number of thioether (sulfide) groups is 1. The van der Waals surface area contributed by atoms with E-state index in [1.807, 2.05) is 45.0 Å². The van der Waals surface area contributed by atoms with E-state index < -0.39 is 0 Å². The standard InChI is InChI=1S/C17H15ClN2O2S/c1-9-4-5-13(8-14(9)18)20-10(2)6-12(11(20)3)7-15-16(21)19-17(22)23-15/h4-8H,1-3H3,(H,19,21,22)/b15-7-. The lowest BCUT2D eigenvalue weighted by atomic mass is 10.2. The Labute approximate surface area is 143 Å². The number of benzene rings is 1. The van der Waals surface area contributed by atoms with Gasteiger partial charge in [-0.05, 0) is 67.9 Å². The van der Waals surface area contributed by atoms with Crippen LogP contribution in [0.5, 0.6) is 0 Å². The smallest absolute Gasteiger partial charge is 0.290 e. The van der Waals surface area contributed by atoms with E-state index in [1.54, 1.807) is 6.08 Å². The van der Waals surface area contributed by atoms with Crippen LogP contribution in [0.4, 0.5) is 4.79 Å². The number of carbonyl (C=O) groups excluding carboxylic acids is 2. The van der Waals surface area contributed by atoms with Gasteiger partial charge in [0.15, 0.2) is 0 Å². The SMILES string of the molecule is Cc1ccc(-n2c(C)cc(/C=C3\SC(=O)NC3=O)c2C)cc1Cl. The topological polar surface area (TPSA) is 51.1 Å². The molecule has 2 heterocycles. The van der Waals surface area contributed by atoms with Crippen molar-refractivity contribution in [3.63, 3.8) is 0 Å². The normalized spacial score (nSPS) is 16.3. The Morgan fingerprint density at radius 2 is 1.91 bits per heavy atom. The molecule has 1 aromatic heterocycles. The van der Waals surface area contributed by atoms with Gasteiger partial charge in [-0.25, -0.2) is 0 Å². The molecule has 118 valence electrons. The summed E-state index contributed by atoms with van der Waals surface area (Å²) in [5, 5.41) is 2.65. The van der Waals surface area contributed by atoms with Gasteiger partial charge in [0.05, 0.1) is 4.91 Å². The van der Waals surface area contributed by atoms with E-state index in [2.05, 4.69) is 9.88 Å². The minimum Gasteiger partial charge on any atom is -0.318 e. The third-order valence-corrected chi connectivity index (χ3v) is 5.03. The largest absolute Gasteiger partial charge is 0.318 e. The maximum absolute atomic E-state index is 11.7. The number of rotatable bonds is 2. The molecule has 6 heteroatoms. The molecular weight excluding hydrogens is 332 g/mol. The van der Waals surface area contributed by atoms with Crippen molar-refractivity contribution in [3.8, 4) is 5.69 Å². The van der Waals surface area contributed by atoms with Crippen molar-refractivity contribution in [2.75, 3.05) is 0 Å². The third kappa shape index (κ3) is 2.94. The lowest BCUT2D eigenvalue weighted by Gasteiger charge is -2.11. The minimum atomic E-state index is -0.344. The zero-order valence-electron chi connectivity index (χ0n) is 12.9. The first-order valence-electron chi connectivity index (χ1n) is 7.07. The average Bonchev–Trinajstić information content (AvgIpc) is 2.93. The summed E-state index contributed by atoms with van der Waals surface area (Å²) in [6, 6.07) is 7.91. The van der Waals surface area contributed by atoms with Crippen molar-refractivity contribution in [2.45, 2.75) is 20.8 Å². The second kappa shape index (κ2) is 5.91. The van der Waals surface area contributed by atoms with Crippen LogP contribution in [-0.4, -0.2) is 15.7 Å². The van der Waals surface area contributed by atoms with Crippen molar-refractivity contribution in [2.24, 2.45) is 0 Å². The molecule has 4 nitrogen and oxygen atoms in total. The van der Waals surface area contributed by atoms with E-state index in [0.29, 0.717) is 9.93 Å². The fourth-order valence-corrected chi connectivity index (χ4v) is 3.46. The Balaban J connectivity index is 2.06. The molecule has 1 aromatic carbocycles. The van der Waals surface area contributed by atoms with Crippen molar-refractivity contribution < 1.29 is 9.59 Å². The Morgan fingerprint density at radius 3 is 2.52 bits per heavy atom. The minimum absolute atomic E-state index is 0.333. The number of imide groups is 1. The summed E-state index contributed by atoms with van der Waals surface area (Å²) in [6.45, 7) is 5.94. The molecule has 0 spiro atoms. The van der Waals surface area contributed by atoms with Gasteiger partial charge >= 0.3 is 0 Å². The second-order valence-corrected chi connectivity index (χ2v) is 6.87. The lowest BCUT2D eigenvalue weighted by molar-refractivity contribution is -0.115. The molecule has 1 saturated heterocycles. The number of aryl methyl sites for hydroxylation is 2. The van der Waals surface area contributed by atoms with Crippen LogP contribution in [0.2, 0.25) is 5.02 Å². The number of hydrogen-bond acceptors (Lipinski definition) is 3. The average molecular weight is 347 g/mol. The lowest BCUT2D eigenvalue weighted by Crippen LogP contribution is -2.17. The van der Waals surface area contributed by atoms with Gasteiger partial charge in [-0.2, -0.15) is 0 Å². The highest BCUT2D eigenvalue weighted by Gasteiger charge is 2.25. The van der Waals surface area contributed by atoms with Gasteiger partial charge in [-0.15, -0.1) is 0 Å². The zero-order valence-corrected chi connectivity index (χ0v) is 14.5. The summed E-state index contributed by atoms with van der Waals surface area (Å²) in [7, 11) is 0. The number of aromatic nitrogens is 1. The maximum atomic E-state index is 11.7. The van der Waals surface area contributed by atoms with E-state index in [1.165, 1.54) is 0 Å². The molecule has 23 heavy (non-hydrogen) atoms. The highest BCUT2D eigenvalue weighted by Crippen LogP contribution is 2.30. The maximum Gasteiger partial charge on any atom is 0.290 e. The van der Waals surface area contributed by atoms with Crippen LogP contribution in [0.25, 0.3) is 11.8 Å². The van der Waals surface area contributed by atoms with E-state index in [4.69, 9.17) is 11.6 Å². The van der Waals surface area contributed by atoms with Gasteiger partial charge in [-0.3, -0.25) is 14.9 Å². The first kappa shape index (κ1) is 15.9. The predicted molar refractivity (Wildman–Crippen MR) is 94.1 cm³/mol. The Kier molecular flexibility index (Phi) is 4.08. The van der Waals surface area contributed by atoms with Crippen LogP contribution >= 0.6 is 23.4 Å². The number of carbonyl (C=O) groups is 2. The number of amides is 2. The molecular formula is C17H15ClN2O2S. The molecule has 2 aromatic rings. The Morgan fingerprint density at radius 1 is 1.17 bits per heavy atom. The third-order valence-electron chi connectivity index (χ3n) is 3.81. The first-order valence-corrected chi connectivity index (χ1v) is 8.26. The molecule has 2 amide bonds. The first-order chi connectivity index (χ1) is 10.9. The highest BCUT2D eigenvalue weighted by atomic mass is 35.5. The van der Waals surface area contributed by atoms with Crippen LogP contribution in [0.1, 0.15) is 22.5 Å². The molecule has 1 N–H and O–H groups in total. The number of halogens is 1. The quantitative estimate of drug-likeness (QED) is 0.821. The molecule has 0 radical (unpaired) electrons. The van der Waals surface area contributed by atoms with Crippen molar-refractivity contribution in [1.82, 2.24) is 9.88 Å². The molecule has 0 bridgehead atoms. The molecule has 1 aliphatic rings. The summed E-state index contributed by atoms with van der Waals surface area (Å²) >= 11 is 7.15. The molecule has 0 atom stereocenters. The van der Waals surface area contributed by atoms with Crippen molar-refractivity contribution in [3.05, 3.63) is 56.7 Å². The van der Waals surface area contributed by atoms with Gasteiger partial charge < -0.3 is 4.57 Å². The number of hydrogen-bond donors (Lipinski definition) is 1. The predicted octanol–water partition coefficient (Wildman–Crippen LogP) is 4.38. The molecule has 3 rings (SSSR count). The Bertz CT molecular complexity index is 868.